The van der Waals surface area contributed by atoms with Crippen LogP contribution in [0.5, 0.6) is 5.75 Å². The van der Waals surface area contributed by atoms with Crippen LogP contribution in [-0.2, 0) is 11.2 Å². The molecule has 0 bridgehead atoms. The molecule has 23 heavy (non-hydrogen) atoms. The van der Waals surface area contributed by atoms with E-state index < -0.39 is 0 Å². The molecule has 0 heterocycles. The summed E-state index contributed by atoms with van der Waals surface area (Å²) in [6.45, 7) is 12.4. The second kappa shape index (κ2) is 10.5. The number of allylic oxidation sites excluding steroid dienone is 1. The summed E-state index contributed by atoms with van der Waals surface area (Å²) in [5.41, 5.74) is 2.73. The lowest BCUT2D eigenvalue weighted by atomic mass is 9.99. The second-order valence-electron chi connectivity index (χ2n) is 6.82. The summed E-state index contributed by atoms with van der Waals surface area (Å²) >= 11 is 0. The Hall–Kier alpha value is -1.28. The van der Waals surface area contributed by atoms with Crippen LogP contribution in [0.25, 0.3) is 0 Å². The second-order valence-corrected chi connectivity index (χ2v) is 6.82. The van der Waals surface area contributed by atoms with Gasteiger partial charge in [-0.2, -0.15) is 0 Å². The Labute approximate surface area is 142 Å². The van der Waals surface area contributed by atoms with E-state index >= 15 is 0 Å². The van der Waals surface area contributed by atoms with Gasteiger partial charge < -0.3 is 9.47 Å². The molecule has 0 saturated carbocycles. The summed E-state index contributed by atoms with van der Waals surface area (Å²) in [4.78, 5) is 0. The van der Waals surface area contributed by atoms with Gasteiger partial charge in [0.15, 0.2) is 0 Å². The van der Waals surface area contributed by atoms with Gasteiger partial charge >= 0.3 is 0 Å². The molecule has 130 valence electrons. The van der Waals surface area contributed by atoms with E-state index in [1.54, 1.807) is 0 Å². The van der Waals surface area contributed by atoms with E-state index in [4.69, 9.17) is 9.47 Å². The lowest BCUT2D eigenvalue weighted by Gasteiger charge is -2.25. The van der Waals surface area contributed by atoms with Crippen molar-refractivity contribution >= 4 is 0 Å². The van der Waals surface area contributed by atoms with Crippen LogP contribution in [0.4, 0.5) is 0 Å². The van der Waals surface area contributed by atoms with Gasteiger partial charge in [0, 0.05) is 6.61 Å². The normalized spacial score (nSPS) is 12.5. The topological polar surface area (TPSA) is 18.5 Å². The third-order valence-corrected chi connectivity index (χ3v) is 4.06. The number of aryl methyl sites for hydroxylation is 1. The summed E-state index contributed by atoms with van der Waals surface area (Å²) < 4.78 is 11.6. The summed E-state index contributed by atoms with van der Waals surface area (Å²) in [6, 6.07) is 8.36. The molecule has 2 nitrogen and oxygen atoms in total. The molecule has 0 aliphatic heterocycles. The Kier molecular flexibility index (Phi) is 9.01. The Balaban J connectivity index is 2.26. The quantitative estimate of drug-likeness (QED) is 0.469. The van der Waals surface area contributed by atoms with Crippen molar-refractivity contribution in [2.24, 2.45) is 0 Å². The summed E-state index contributed by atoms with van der Waals surface area (Å²) in [5.74, 6) is 0.945. The molecule has 0 fully saturated rings. The smallest absolute Gasteiger partial charge is 0.119 e. The molecule has 0 aromatic heterocycles. The molecular formula is C21H34O2. The maximum Gasteiger partial charge on any atom is 0.119 e. The van der Waals surface area contributed by atoms with Crippen LogP contribution in [0.2, 0.25) is 0 Å². The van der Waals surface area contributed by atoms with Crippen LogP contribution in [-0.4, -0.2) is 18.8 Å². The van der Waals surface area contributed by atoms with E-state index in [9.17, 15) is 0 Å². The van der Waals surface area contributed by atoms with Gasteiger partial charge in [-0.25, -0.2) is 0 Å². The standard InChI is InChI=1S/C21H34O2/c1-6-16-23-21(4,5)15-8-9-18(3)14-17-22-20-12-10-19(7-2)11-13-20/h10-14H,6-9,15-17H2,1-5H3. The molecular weight excluding hydrogens is 284 g/mol. The molecule has 0 unspecified atom stereocenters. The van der Waals surface area contributed by atoms with Gasteiger partial charge in [-0.05, 0) is 76.6 Å². The minimum Gasteiger partial charge on any atom is -0.490 e. The third kappa shape index (κ3) is 8.80. The van der Waals surface area contributed by atoms with Crippen LogP contribution < -0.4 is 4.74 Å². The van der Waals surface area contributed by atoms with Crippen LogP contribution in [0.3, 0.4) is 0 Å². The molecule has 0 aliphatic rings. The van der Waals surface area contributed by atoms with Gasteiger partial charge in [0.1, 0.15) is 12.4 Å². The third-order valence-electron chi connectivity index (χ3n) is 4.06. The number of hydrogen-bond acceptors (Lipinski definition) is 2. The molecule has 0 spiro atoms. The van der Waals surface area contributed by atoms with Gasteiger partial charge in [-0.3, -0.25) is 0 Å². The first-order chi connectivity index (χ1) is 11.0. The van der Waals surface area contributed by atoms with E-state index in [0.29, 0.717) is 6.61 Å². The highest BCUT2D eigenvalue weighted by molar-refractivity contribution is 5.27. The van der Waals surface area contributed by atoms with Crippen LogP contribution in [0.15, 0.2) is 35.9 Å². The fraction of sp³-hybridized carbons (Fsp3) is 0.619. The highest BCUT2D eigenvalue weighted by atomic mass is 16.5. The zero-order valence-electron chi connectivity index (χ0n) is 15.7. The first kappa shape index (κ1) is 19.8. The largest absolute Gasteiger partial charge is 0.490 e. The van der Waals surface area contributed by atoms with Gasteiger partial charge in [0.2, 0.25) is 0 Å². The van der Waals surface area contributed by atoms with Crippen molar-refractivity contribution in [2.75, 3.05) is 13.2 Å². The molecule has 1 rings (SSSR count). The van der Waals surface area contributed by atoms with Crippen molar-refractivity contribution in [3.8, 4) is 5.75 Å². The van der Waals surface area contributed by atoms with Gasteiger partial charge in [0.25, 0.3) is 0 Å². The predicted octanol–water partition coefficient (Wildman–Crippen LogP) is 5.95. The number of hydrogen-bond donors (Lipinski definition) is 0. The predicted molar refractivity (Wildman–Crippen MR) is 99.2 cm³/mol. The molecule has 0 saturated heterocycles. The summed E-state index contributed by atoms with van der Waals surface area (Å²) in [7, 11) is 0. The Morgan fingerprint density at radius 3 is 2.43 bits per heavy atom. The average Bonchev–Trinajstić information content (AvgIpc) is 2.53. The van der Waals surface area contributed by atoms with E-state index in [2.05, 4.69) is 65.0 Å². The number of ether oxygens (including phenoxy) is 2. The molecule has 2 heteroatoms. The monoisotopic (exact) mass is 318 g/mol. The fourth-order valence-electron chi connectivity index (χ4n) is 2.45. The zero-order valence-corrected chi connectivity index (χ0v) is 15.7. The molecule has 1 aromatic rings. The van der Waals surface area contributed by atoms with Crippen LogP contribution >= 0.6 is 0 Å². The first-order valence-corrected chi connectivity index (χ1v) is 8.98. The average molecular weight is 319 g/mol. The van der Waals surface area contributed by atoms with Gasteiger partial charge in [-0.15, -0.1) is 0 Å². The summed E-state index contributed by atoms with van der Waals surface area (Å²) in [6.07, 6.45) is 7.70. The number of rotatable bonds is 11. The molecule has 0 amide bonds. The van der Waals surface area contributed by atoms with Crippen LogP contribution in [0, 0.1) is 0 Å². The summed E-state index contributed by atoms with van der Waals surface area (Å²) in [5, 5.41) is 0. The zero-order chi connectivity index (χ0) is 17.1. The van der Waals surface area contributed by atoms with Crippen molar-refractivity contribution in [1.29, 1.82) is 0 Å². The van der Waals surface area contributed by atoms with E-state index in [1.165, 1.54) is 11.1 Å². The molecule has 0 atom stereocenters. The van der Waals surface area contributed by atoms with Crippen molar-refractivity contribution in [1.82, 2.24) is 0 Å². The molecule has 0 aliphatic carbocycles. The van der Waals surface area contributed by atoms with E-state index in [0.717, 1.165) is 44.5 Å². The molecule has 0 N–H and O–H groups in total. The van der Waals surface area contributed by atoms with Crippen LogP contribution in [0.1, 0.15) is 65.9 Å². The molecule has 0 radical (unpaired) electrons. The number of benzene rings is 1. The van der Waals surface area contributed by atoms with Crippen molar-refractivity contribution in [3.63, 3.8) is 0 Å². The van der Waals surface area contributed by atoms with E-state index in [-0.39, 0.29) is 5.60 Å². The minimum absolute atomic E-state index is 0.00614. The Bertz CT molecular complexity index is 457. The molecule has 1 aromatic carbocycles. The Morgan fingerprint density at radius 2 is 1.83 bits per heavy atom. The SMILES string of the molecule is CCCOC(C)(C)CCCC(C)=CCOc1ccc(CC)cc1. The van der Waals surface area contributed by atoms with Gasteiger partial charge in [0.05, 0.1) is 5.60 Å². The lowest BCUT2D eigenvalue weighted by molar-refractivity contribution is -0.0241. The maximum atomic E-state index is 5.87. The van der Waals surface area contributed by atoms with Gasteiger partial charge in [-0.1, -0.05) is 31.6 Å². The Morgan fingerprint density at radius 1 is 1.13 bits per heavy atom. The first-order valence-electron chi connectivity index (χ1n) is 8.98. The van der Waals surface area contributed by atoms with Crippen molar-refractivity contribution in [3.05, 3.63) is 41.5 Å². The highest BCUT2D eigenvalue weighted by Crippen LogP contribution is 2.20. The fourth-order valence-corrected chi connectivity index (χ4v) is 2.45. The lowest BCUT2D eigenvalue weighted by Crippen LogP contribution is -2.24. The maximum absolute atomic E-state index is 5.87. The highest BCUT2D eigenvalue weighted by Gasteiger charge is 2.16. The van der Waals surface area contributed by atoms with Crippen molar-refractivity contribution < 1.29 is 9.47 Å². The van der Waals surface area contributed by atoms with E-state index in [1.807, 2.05) is 0 Å². The minimum atomic E-state index is -0.00614. The van der Waals surface area contributed by atoms with Crippen molar-refractivity contribution in [2.45, 2.75) is 72.3 Å².